The molecule has 1 aliphatic heterocycles. The van der Waals surface area contributed by atoms with Gasteiger partial charge in [0, 0.05) is 6.61 Å². The Bertz CT molecular complexity index is 151. The van der Waals surface area contributed by atoms with Crippen molar-refractivity contribution in [2.24, 2.45) is 5.92 Å². The molecule has 1 fully saturated rings. The first-order valence-electron chi connectivity index (χ1n) is 6.48. The molecule has 0 bridgehead atoms. The van der Waals surface area contributed by atoms with E-state index in [-0.39, 0.29) is 6.10 Å². The van der Waals surface area contributed by atoms with E-state index in [1.54, 1.807) is 0 Å². The lowest BCUT2D eigenvalue weighted by Gasteiger charge is -2.13. The molecule has 1 heterocycles. The first kappa shape index (κ1) is 13.0. The van der Waals surface area contributed by atoms with E-state index in [4.69, 9.17) is 4.74 Å². The van der Waals surface area contributed by atoms with Crippen molar-refractivity contribution < 1.29 is 9.84 Å². The highest BCUT2D eigenvalue weighted by Gasteiger charge is 2.15. The molecule has 2 atom stereocenters. The van der Waals surface area contributed by atoms with E-state index >= 15 is 0 Å². The van der Waals surface area contributed by atoms with Crippen LogP contribution in [0.25, 0.3) is 0 Å². The smallest absolute Gasteiger partial charge is 0.0576 e. The quantitative estimate of drug-likeness (QED) is 0.705. The van der Waals surface area contributed by atoms with Crippen LogP contribution in [-0.4, -0.2) is 23.9 Å². The van der Waals surface area contributed by atoms with Crippen molar-refractivity contribution in [3.63, 3.8) is 0 Å². The maximum Gasteiger partial charge on any atom is 0.0576 e. The molecule has 0 radical (unpaired) electrons. The molecule has 0 spiro atoms. The van der Waals surface area contributed by atoms with Crippen LogP contribution in [0.1, 0.15) is 58.8 Å². The Morgan fingerprint density at radius 2 is 2.07 bits per heavy atom. The van der Waals surface area contributed by atoms with Gasteiger partial charge in [-0.15, -0.1) is 0 Å². The van der Waals surface area contributed by atoms with Crippen LogP contribution in [0.15, 0.2) is 0 Å². The Hall–Kier alpha value is -0.0800. The van der Waals surface area contributed by atoms with E-state index in [2.05, 4.69) is 13.8 Å². The van der Waals surface area contributed by atoms with Crippen molar-refractivity contribution >= 4 is 0 Å². The van der Waals surface area contributed by atoms with Gasteiger partial charge in [0.05, 0.1) is 12.2 Å². The lowest BCUT2D eigenvalue weighted by molar-refractivity contribution is 0.0923. The molecule has 1 rings (SSSR count). The van der Waals surface area contributed by atoms with Gasteiger partial charge in [0.15, 0.2) is 0 Å². The maximum atomic E-state index is 9.73. The molecule has 1 aliphatic rings. The first-order chi connectivity index (χ1) is 7.18. The van der Waals surface area contributed by atoms with Crippen LogP contribution in [0.3, 0.4) is 0 Å². The van der Waals surface area contributed by atoms with Crippen molar-refractivity contribution in [1.82, 2.24) is 0 Å². The predicted octanol–water partition coefficient (Wildman–Crippen LogP) is 3.13. The second kappa shape index (κ2) is 7.24. The molecule has 0 aliphatic carbocycles. The van der Waals surface area contributed by atoms with Gasteiger partial charge >= 0.3 is 0 Å². The van der Waals surface area contributed by atoms with Gasteiger partial charge in [-0.05, 0) is 50.9 Å². The fraction of sp³-hybridized carbons (Fsp3) is 1.00. The Morgan fingerprint density at radius 3 is 2.67 bits per heavy atom. The monoisotopic (exact) mass is 214 g/mol. The minimum absolute atomic E-state index is 0.0891. The third-order valence-electron chi connectivity index (χ3n) is 3.16. The summed E-state index contributed by atoms with van der Waals surface area (Å²) in [6.07, 6.45) is 8.15. The SMILES string of the molecule is CC(C)CCC(O)CCCC1CCCO1. The van der Waals surface area contributed by atoms with Crippen LogP contribution in [0, 0.1) is 5.92 Å². The van der Waals surface area contributed by atoms with Gasteiger partial charge in [-0.1, -0.05) is 13.8 Å². The molecule has 0 aromatic heterocycles. The second-order valence-corrected chi connectivity index (χ2v) is 5.19. The maximum absolute atomic E-state index is 9.73. The number of hydrogen-bond acceptors (Lipinski definition) is 2. The Balaban J connectivity index is 1.93. The molecule has 15 heavy (non-hydrogen) atoms. The molecule has 2 nitrogen and oxygen atoms in total. The molecule has 0 aromatic carbocycles. The number of rotatable bonds is 7. The van der Waals surface area contributed by atoms with Gasteiger partial charge in [-0.3, -0.25) is 0 Å². The zero-order valence-electron chi connectivity index (χ0n) is 10.2. The molecule has 90 valence electrons. The highest BCUT2D eigenvalue weighted by molar-refractivity contribution is 4.66. The summed E-state index contributed by atoms with van der Waals surface area (Å²) in [5, 5.41) is 9.73. The highest BCUT2D eigenvalue weighted by atomic mass is 16.5. The van der Waals surface area contributed by atoms with Gasteiger partial charge in [0.1, 0.15) is 0 Å². The lowest BCUT2D eigenvalue weighted by Crippen LogP contribution is -2.10. The summed E-state index contributed by atoms with van der Waals surface area (Å²) < 4.78 is 5.55. The Labute approximate surface area is 94.0 Å². The second-order valence-electron chi connectivity index (χ2n) is 5.19. The number of aliphatic hydroxyl groups is 1. The van der Waals surface area contributed by atoms with Crippen LogP contribution < -0.4 is 0 Å². The third-order valence-corrected chi connectivity index (χ3v) is 3.16. The zero-order chi connectivity index (χ0) is 11.1. The average molecular weight is 214 g/mol. The van der Waals surface area contributed by atoms with Gasteiger partial charge in [0.2, 0.25) is 0 Å². The molecule has 0 amide bonds. The molecular weight excluding hydrogens is 188 g/mol. The van der Waals surface area contributed by atoms with E-state index in [1.165, 1.54) is 12.8 Å². The topological polar surface area (TPSA) is 29.5 Å². The minimum Gasteiger partial charge on any atom is -0.393 e. The number of ether oxygens (including phenoxy) is 1. The number of aliphatic hydroxyl groups excluding tert-OH is 1. The lowest BCUT2D eigenvalue weighted by atomic mass is 10.0. The summed E-state index contributed by atoms with van der Waals surface area (Å²) in [6.45, 7) is 5.36. The predicted molar refractivity (Wildman–Crippen MR) is 62.9 cm³/mol. The highest BCUT2D eigenvalue weighted by Crippen LogP contribution is 2.19. The van der Waals surface area contributed by atoms with Crippen LogP contribution in [0.4, 0.5) is 0 Å². The van der Waals surface area contributed by atoms with Gasteiger partial charge < -0.3 is 9.84 Å². The van der Waals surface area contributed by atoms with Crippen molar-refractivity contribution in [3.8, 4) is 0 Å². The van der Waals surface area contributed by atoms with Gasteiger partial charge in [0.25, 0.3) is 0 Å². The van der Waals surface area contributed by atoms with Crippen LogP contribution in [0.2, 0.25) is 0 Å². The molecule has 1 N–H and O–H groups in total. The van der Waals surface area contributed by atoms with E-state index in [9.17, 15) is 5.11 Å². The molecule has 0 aromatic rings. The first-order valence-corrected chi connectivity index (χ1v) is 6.48. The van der Waals surface area contributed by atoms with Crippen LogP contribution in [0.5, 0.6) is 0 Å². The van der Waals surface area contributed by atoms with Crippen LogP contribution >= 0.6 is 0 Å². The Morgan fingerprint density at radius 1 is 1.27 bits per heavy atom. The van der Waals surface area contributed by atoms with E-state index < -0.39 is 0 Å². The summed E-state index contributed by atoms with van der Waals surface area (Å²) in [5.74, 6) is 0.706. The summed E-state index contributed by atoms with van der Waals surface area (Å²) in [6, 6.07) is 0. The molecule has 2 heteroatoms. The third kappa shape index (κ3) is 6.16. The minimum atomic E-state index is -0.0891. The zero-order valence-corrected chi connectivity index (χ0v) is 10.2. The van der Waals surface area contributed by atoms with E-state index in [0.717, 1.165) is 38.7 Å². The number of hydrogen-bond donors (Lipinski definition) is 1. The fourth-order valence-corrected chi connectivity index (χ4v) is 2.12. The largest absolute Gasteiger partial charge is 0.393 e. The molecule has 1 saturated heterocycles. The van der Waals surface area contributed by atoms with Gasteiger partial charge in [-0.25, -0.2) is 0 Å². The van der Waals surface area contributed by atoms with Crippen molar-refractivity contribution in [3.05, 3.63) is 0 Å². The van der Waals surface area contributed by atoms with E-state index in [0.29, 0.717) is 12.0 Å². The molecule has 2 unspecified atom stereocenters. The normalized spacial score (nSPS) is 23.6. The van der Waals surface area contributed by atoms with Crippen molar-refractivity contribution in [2.75, 3.05) is 6.61 Å². The summed E-state index contributed by atoms with van der Waals surface area (Å²) >= 11 is 0. The fourth-order valence-electron chi connectivity index (χ4n) is 2.12. The van der Waals surface area contributed by atoms with Crippen molar-refractivity contribution in [2.45, 2.75) is 71.0 Å². The molecular formula is C13H26O2. The van der Waals surface area contributed by atoms with E-state index in [1.807, 2.05) is 0 Å². The summed E-state index contributed by atoms with van der Waals surface area (Å²) in [5.41, 5.74) is 0. The van der Waals surface area contributed by atoms with Crippen LogP contribution in [-0.2, 0) is 4.74 Å². The van der Waals surface area contributed by atoms with Gasteiger partial charge in [-0.2, -0.15) is 0 Å². The molecule has 0 saturated carbocycles. The summed E-state index contributed by atoms with van der Waals surface area (Å²) in [4.78, 5) is 0. The standard InChI is InChI=1S/C13H26O2/c1-11(2)8-9-12(14)5-3-6-13-7-4-10-15-13/h11-14H,3-10H2,1-2H3. The summed E-state index contributed by atoms with van der Waals surface area (Å²) in [7, 11) is 0. The average Bonchev–Trinajstić information content (AvgIpc) is 2.67. The Kier molecular flexibility index (Phi) is 6.26. The van der Waals surface area contributed by atoms with Crippen molar-refractivity contribution in [1.29, 1.82) is 0 Å².